The van der Waals surface area contributed by atoms with Crippen LogP contribution in [0.1, 0.15) is 25.5 Å². The number of carbonyl (C=O) groups excluding carboxylic acids is 1. The maximum absolute atomic E-state index is 13.0. The van der Waals surface area contributed by atoms with Gasteiger partial charge in [-0.2, -0.15) is 0 Å². The van der Waals surface area contributed by atoms with Gasteiger partial charge in [0.05, 0.1) is 6.04 Å². The Balaban J connectivity index is 2.33. The van der Waals surface area contributed by atoms with Crippen molar-refractivity contribution in [1.29, 1.82) is 0 Å². The number of carbonyl (C=O) groups is 1. The maximum Gasteiger partial charge on any atom is 0.296 e. The SMILES string of the molecule is CC#CC(=O)NC(C)c1ccccc1-c1ccc(F)cc1. The van der Waals surface area contributed by atoms with Gasteiger partial charge in [-0.1, -0.05) is 42.3 Å². The summed E-state index contributed by atoms with van der Waals surface area (Å²) in [6, 6.07) is 13.9. The molecule has 21 heavy (non-hydrogen) atoms. The van der Waals surface area contributed by atoms with Crippen LogP contribution >= 0.6 is 0 Å². The summed E-state index contributed by atoms with van der Waals surface area (Å²) in [5, 5.41) is 2.83. The minimum absolute atomic E-state index is 0.181. The summed E-state index contributed by atoms with van der Waals surface area (Å²) in [7, 11) is 0. The Bertz CT molecular complexity index is 695. The van der Waals surface area contributed by atoms with Crippen LogP contribution in [-0.2, 0) is 4.79 Å². The van der Waals surface area contributed by atoms with E-state index in [1.54, 1.807) is 19.1 Å². The Morgan fingerprint density at radius 3 is 2.48 bits per heavy atom. The highest BCUT2D eigenvalue weighted by Gasteiger charge is 2.13. The lowest BCUT2D eigenvalue weighted by atomic mass is 9.95. The summed E-state index contributed by atoms with van der Waals surface area (Å²) in [6.07, 6.45) is 0. The molecule has 2 aromatic rings. The van der Waals surface area contributed by atoms with Crippen LogP contribution in [-0.4, -0.2) is 5.91 Å². The zero-order valence-corrected chi connectivity index (χ0v) is 12.0. The first-order valence-electron chi connectivity index (χ1n) is 6.70. The van der Waals surface area contributed by atoms with E-state index in [-0.39, 0.29) is 17.8 Å². The zero-order chi connectivity index (χ0) is 15.2. The van der Waals surface area contributed by atoms with Gasteiger partial charge in [0, 0.05) is 0 Å². The fraction of sp³-hybridized carbons (Fsp3) is 0.167. The van der Waals surface area contributed by atoms with E-state index in [0.29, 0.717) is 0 Å². The van der Waals surface area contributed by atoms with Gasteiger partial charge in [-0.3, -0.25) is 4.79 Å². The molecule has 0 aliphatic heterocycles. The van der Waals surface area contributed by atoms with Crippen LogP contribution in [0.15, 0.2) is 48.5 Å². The van der Waals surface area contributed by atoms with Gasteiger partial charge >= 0.3 is 0 Å². The van der Waals surface area contributed by atoms with Crippen molar-refractivity contribution >= 4 is 5.91 Å². The van der Waals surface area contributed by atoms with E-state index in [1.807, 2.05) is 31.2 Å². The first kappa shape index (κ1) is 14.8. The smallest absolute Gasteiger partial charge is 0.296 e. The van der Waals surface area contributed by atoms with Gasteiger partial charge in [-0.05, 0) is 48.6 Å². The van der Waals surface area contributed by atoms with E-state index < -0.39 is 0 Å². The third kappa shape index (κ3) is 3.70. The third-order valence-electron chi connectivity index (χ3n) is 3.17. The van der Waals surface area contributed by atoms with E-state index in [9.17, 15) is 9.18 Å². The highest BCUT2D eigenvalue weighted by molar-refractivity contribution is 5.93. The molecular formula is C18H16FNO. The Hall–Kier alpha value is -2.60. The number of hydrogen-bond acceptors (Lipinski definition) is 1. The minimum atomic E-state index is -0.307. The molecule has 0 aliphatic rings. The standard InChI is InChI=1S/C18H16FNO/c1-3-6-18(21)20-13(2)16-7-4-5-8-17(16)14-9-11-15(19)12-10-14/h4-5,7-13H,1-2H3,(H,20,21). The summed E-state index contributed by atoms with van der Waals surface area (Å²) >= 11 is 0. The lowest BCUT2D eigenvalue weighted by molar-refractivity contribution is -0.116. The summed E-state index contributed by atoms with van der Waals surface area (Å²) in [4.78, 5) is 11.6. The maximum atomic E-state index is 13.0. The molecule has 0 saturated carbocycles. The second kappa shape index (κ2) is 6.71. The van der Waals surface area contributed by atoms with Crippen LogP contribution < -0.4 is 5.32 Å². The fourth-order valence-corrected chi connectivity index (χ4v) is 2.19. The highest BCUT2D eigenvalue weighted by atomic mass is 19.1. The first-order valence-corrected chi connectivity index (χ1v) is 6.70. The average molecular weight is 281 g/mol. The van der Waals surface area contributed by atoms with Gasteiger partial charge < -0.3 is 5.32 Å². The number of hydrogen-bond donors (Lipinski definition) is 1. The van der Waals surface area contributed by atoms with E-state index in [0.717, 1.165) is 16.7 Å². The fourth-order valence-electron chi connectivity index (χ4n) is 2.19. The lowest BCUT2D eigenvalue weighted by Gasteiger charge is -2.17. The number of halogens is 1. The van der Waals surface area contributed by atoms with Gasteiger partial charge in [-0.25, -0.2) is 4.39 Å². The van der Waals surface area contributed by atoms with Gasteiger partial charge in [0.25, 0.3) is 5.91 Å². The molecule has 0 fully saturated rings. The average Bonchev–Trinajstić information content (AvgIpc) is 2.48. The van der Waals surface area contributed by atoms with Gasteiger partial charge in [0.1, 0.15) is 5.82 Å². The molecule has 106 valence electrons. The first-order chi connectivity index (χ1) is 10.1. The zero-order valence-electron chi connectivity index (χ0n) is 12.0. The van der Waals surface area contributed by atoms with Crippen LogP contribution in [0.3, 0.4) is 0 Å². The summed E-state index contributed by atoms with van der Waals surface area (Å²) in [5.41, 5.74) is 2.85. The third-order valence-corrected chi connectivity index (χ3v) is 3.17. The van der Waals surface area contributed by atoms with Crippen molar-refractivity contribution < 1.29 is 9.18 Å². The topological polar surface area (TPSA) is 29.1 Å². The van der Waals surface area contributed by atoms with E-state index in [2.05, 4.69) is 17.2 Å². The monoisotopic (exact) mass is 281 g/mol. The Kier molecular flexibility index (Phi) is 4.73. The molecule has 0 saturated heterocycles. The van der Waals surface area contributed by atoms with Crippen molar-refractivity contribution in [2.45, 2.75) is 19.9 Å². The van der Waals surface area contributed by atoms with Crippen molar-refractivity contribution in [1.82, 2.24) is 5.32 Å². The molecule has 1 atom stereocenters. The van der Waals surface area contributed by atoms with Crippen LogP contribution in [0.4, 0.5) is 4.39 Å². The van der Waals surface area contributed by atoms with Crippen LogP contribution in [0.2, 0.25) is 0 Å². The Labute approximate surface area is 124 Å². The summed E-state index contributed by atoms with van der Waals surface area (Å²) < 4.78 is 13.0. The van der Waals surface area contributed by atoms with E-state index >= 15 is 0 Å². The van der Waals surface area contributed by atoms with Crippen LogP contribution in [0.5, 0.6) is 0 Å². The Morgan fingerprint density at radius 2 is 1.81 bits per heavy atom. The molecule has 0 spiro atoms. The van der Waals surface area contributed by atoms with Gasteiger partial charge in [0.2, 0.25) is 0 Å². The summed E-state index contributed by atoms with van der Waals surface area (Å²) in [5.74, 6) is 4.46. The van der Waals surface area contributed by atoms with E-state index in [4.69, 9.17) is 0 Å². The highest BCUT2D eigenvalue weighted by Crippen LogP contribution is 2.28. The Morgan fingerprint density at radius 1 is 1.14 bits per heavy atom. The van der Waals surface area contributed by atoms with Gasteiger partial charge in [0.15, 0.2) is 0 Å². The largest absolute Gasteiger partial charge is 0.339 e. The molecule has 1 N–H and O–H groups in total. The van der Waals surface area contributed by atoms with Crippen molar-refractivity contribution in [2.75, 3.05) is 0 Å². The van der Waals surface area contributed by atoms with Crippen molar-refractivity contribution in [3.05, 3.63) is 59.9 Å². The van der Waals surface area contributed by atoms with Crippen LogP contribution in [0.25, 0.3) is 11.1 Å². The molecule has 0 bridgehead atoms. The molecule has 1 unspecified atom stereocenters. The summed E-state index contributed by atoms with van der Waals surface area (Å²) in [6.45, 7) is 3.52. The van der Waals surface area contributed by atoms with Crippen molar-refractivity contribution in [3.63, 3.8) is 0 Å². The van der Waals surface area contributed by atoms with Gasteiger partial charge in [-0.15, -0.1) is 0 Å². The molecule has 2 nitrogen and oxygen atoms in total. The van der Waals surface area contributed by atoms with Crippen molar-refractivity contribution in [2.24, 2.45) is 0 Å². The molecule has 3 heteroatoms. The number of nitrogens with one attached hydrogen (secondary N) is 1. The normalized spacial score (nSPS) is 11.2. The van der Waals surface area contributed by atoms with E-state index in [1.165, 1.54) is 12.1 Å². The number of amides is 1. The number of rotatable bonds is 3. The molecule has 1 amide bonds. The second-order valence-corrected chi connectivity index (χ2v) is 4.66. The van der Waals surface area contributed by atoms with Crippen molar-refractivity contribution in [3.8, 4) is 23.0 Å². The molecule has 0 heterocycles. The lowest BCUT2D eigenvalue weighted by Crippen LogP contribution is -2.25. The molecule has 0 aromatic heterocycles. The minimum Gasteiger partial charge on any atom is -0.339 e. The predicted molar refractivity (Wildman–Crippen MR) is 81.8 cm³/mol. The number of benzene rings is 2. The predicted octanol–water partition coefficient (Wildman–Crippen LogP) is 3.69. The van der Waals surface area contributed by atoms with Crippen LogP contribution in [0, 0.1) is 17.7 Å². The molecule has 0 aliphatic carbocycles. The molecule has 2 rings (SSSR count). The quantitative estimate of drug-likeness (QED) is 0.854. The molecular weight excluding hydrogens is 265 g/mol. The second-order valence-electron chi connectivity index (χ2n) is 4.66. The molecule has 0 radical (unpaired) electrons. The molecule has 2 aromatic carbocycles.